The van der Waals surface area contributed by atoms with Crippen molar-refractivity contribution in [3.8, 4) is 0 Å². The molecule has 0 aliphatic carbocycles. The lowest BCUT2D eigenvalue weighted by atomic mass is 10.2. The van der Waals surface area contributed by atoms with Crippen LogP contribution in [0.4, 0.5) is 0 Å². The van der Waals surface area contributed by atoms with Gasteiger partial charge in [0.1, 0.15) is 5.52 Å². The van der Waals surface area contributed by atoms with E-state index >= 15 is 0 Å². The van der Waals surface area contributed by atoms with Crippen molar-refractivity contribution in [1.82, 2.24) is 9.88 Å². The van der Waals surface area contributed by atoms with Crippen molar-refractivity contribution in [3.63, 3.8) is 0 Å². The maximum Gasteiger partial charge on any atom is 0.305 e. The van der Waals surface area contributed by atoms with Gasteiger partial charge in [0, 0.05) is 29.8 Å². The number of aromatic nitrogens is 1. The van der Waals surface area contributed by atoms with Crippen LogP contribution in [0.3, 0.4) is 0 Å². The highest BCUT2D eigenvalue weighted by molar-refractivity contribution is 7.99. The molecule has 0 spiro atoms. The van der Waals surface area contributed by atoms with Gasteiger partial charge in [0.25, 0.3) is 5.91 Å². The average molecular weight is 320 g/mol. The average Bonchev–Trinajstić information content (AvgIpc) is 2.89. The molecule has 1 N–H and O–H groups in total. The van der Waals surface area contributed by atoms with Gasteiger partial charge >= 0.3 is 5.97 Å². The van der Waals surface area contributed by atoms with Crippen molar-refractivity contribution < 1.29 is 19.1 Å². The van der Waals surface area contributed by atoms with Gasteiger partial charge in [-0.25, -0.2) is 4.98 Å². The number of thioether (sulfide) groups is 1. The number of rotatable bonds is 3. The molecule has 2 aromatic rings. The lowest BCUT2D eigenvalue weighted by Crippen LogP contribution is -2.47. The van der Waals surface area contributed by atoms with Gasteiger partial charge in [0.2, 0.25) is 0 Å². The summed E-state index contributed by atoms with van der Waals surface area (Å²) in [5.41, 5.74) is 2.06. The number of aryl methyl sites for hydroxylation is 1. The molecule has 1 amide bonds. The second-order valence-electron chi connectivity index (χ2n) is 5.27. The summed E-state index contributed by atoms with van der Waals surface area (Å²) < 4.78 is 5.58. The van der Waals surface area contributed by atoms with E-state index in [1.807, 2.05) is 13.0 Å². The summed E-state index contributed by atoms with van der Waals surface area (Å²) in [5, 5.41) is 9.00. The highest BCUT2D eigenvalue weighted by Gasteiger charge is 2.31. The molecule has 1 saturated heterocycles. The Bertz CT molecular complexity index is 727. The molecule has 0 radical (unpaired) electrons. The first-order chi connectivity index (χ1) is 10.5. The number of amides is 1. The van der Waals surface area contributed by atoms with Gasteiger partial charge in [0.15, 0.2) is 11.3 Å². The third kappa shape index (κ3) is 2.94. The zero-order chi connectivity index (χ0) is 15.7. The van der Waals surface area contributed by atoms with Crippen LogP contribution < -0.4 is 0 Å². The first-order valence-corrected chi connectivity index (χ1v) is 8.18. The van der Waals surface area contributed by atoms with Crippen LogP contribution in [0.25, 0.3) is 11.1 Å². The number of carboxylic acid groups (broad SMARTS) is 1. The Labute approximate surface area is 131 Å². The fourth-order valence-electron chi connectivity index (χ4n) is 2.57. The van der Waals surface area contributed by atoms with E-state index in [1.165, 1.54) is 0 Å². The predicted molar refractivity (Wildman–Crippen MR) is 83.1 cm³/mol. The van der Waals surface area contributed by atoms with Crippen molar-refractivity contribution in [3.05, 3.63) is 29.7 Å². The molecule has 0 aromatic carbocycles. The van der Waals surface area contributed by atoms with E-state index in [0.717, 1.165) is 11.4 Å². The summed E-state index contributed by atoms with van der Waals surface area (Å²) in [4.78, 5) is 29.6. The summed E-state index contributed by atoms with van der Waals surface area (Å²) in [5.74, 6) is 0.500. The van der Waals surface area contributed by atoms with E-state index in [1.54, 1.807) is 28.8 Å². The molecule has 1 aliphatic heterocycles. The molecule has 1 unspecified atom stereocenters. The summed E-state index contributed by atoms with van der Waals surface area (Å²) in [6, 6.07) is 4.94. The van der Waals surface area contributed by atoms with Crippen LogP contribution >= 0.6 is 11.8 Å². The normalized spacial score (nSPS) is 18.6. The zero-order valence-electron chi connectivity index (χ0n) is 12.1. The van der Waals surface area contributed by atoms with Crippen LogP contribution in [0.15, 0.2) is 22.6 Å². The monoisotopic (exact) mass is 320 g/mol. The Morgan fingerprint density at radius 2 is 2.32 bits per heavy atom. The van der Waals surface area contributed by atoms with Crippen molar-refractivity contribution >= 4 is 34.7 Å². The SMILES string of the molecule is Cc1ccc2oc(C(=O)N3CCSCC3CC(=O)O)cc2n1. The molecule has 0 saturated carbocycles. The van der Waals surface area contributed by atoms with E-state index in [0.29, 0.717) is 23.4 Å². The third-order valence-electron chi connectivity index (χ3n) is 3.62. The molecular weight excluding hydrogens is 304 g/mol. The molecule has 1 fully saturated rings. The summed E-state index contributed by atoms with van der Waals surface area (Å²) in [7, 11) is 0. The van der Waals surface area contributed by atoms with E-state index in [-0.39, 0.29) is 24.1 Å². The standard InChI is InChI=1S/C15H16N2O4S/c1-9-2-3-12-11(16-9)7-13(21-12)15(20)17-4-5-22-8-10(17)6-14(18)19/h2-3,7,10H,4-6,8H2,1H3,(H,18,19). The lowest BCUT2D eigenvalue weighted by Gasteiger charge is -2.33. The van der Waals surface area contributed by atoms with Gasteiger partial charge in [-0.1, -0.05) is 0 Å². The molecule has 22 heavy (non-hydrogen) atoms. The van der Waals surface area contributed by atoms with Gasteiger partial charge in [-0.05, 0) is 19.1 Å². The minimum atomic E-state index is -0.896. The van der Waals surface area contributed by atoms with Crippen molar-refractivity contribution in [2.75, 3.05) is 18.1 Å². The molecule has 1 atom stereocenters. The number of fused-ring (bicyclic) bond motifs is 1. The lowest BCUT2D eigenvalue weighted by molar-refractivity contribution is -0.138. The Balaban J connectivity index is 1.87. The first kappa shape index (κ1) is 14.9. The highest BCUT2D eigenvalue weighted by atomic mass is 32.2. The molecule has 3 rings (SSSR count). The maximum absolute atomic E-state index is 12.6. The molecule has 1 aliphatic rings. The number of furan rings is 1. The summed E-state index contributed by atoms with van der Waals surface area (Å²) in [6.45, 7) is 2.41. The number of pyridine rings is 1. The van der Waals surface area contributed by atoms with Gasteiger partial charge in [-0.2, -0.15) is 11.8 Å². The number of carbonyl (C=O) groups is 2. The van der Waals surface area contributed by atoms with E-state index < -0.39 is 5.97 Å². The van der Waals surface area contributed by atoms with Crippen LogP contribution in [0.5, 0.6) is 0 Å². The van der Waals surface area contributed by atoms with Crippen LogP contribution in [0.1, 0.15) is 22.7 Å². The Morgan fingerprint density at radius 3 is 3.09 bits per heavy atom. The number of hydrogen-bond acceptors (Lipinski definition) is 5. The molecule has 7 heteroatoms. The topological polar surface area (TPSA) is 83.6 Å². The quantitative estimate of drug-likeness (QED) is 0.933. The maximum atomic E-state index is 12.6. The van der Waals surface area contributed by atoms with E-state index in [4.69, 9.17) is 9.52 Å². The van der Waals surface area contributed by atoms with Crippen molar-refractivity contribution in [2.24, 2.45) is 0 Å². The van der Waals surface area contributed by atoms with Crippen LogP contribution in [-0.4, -0.2) is 51.0 Å². The van der Waals surface area contributed by atoms with Gasteiger partial charge in [0.05, 0.1) is 12.5 Å². The van der Waals surface area contributed by atoms with Crippen LogP contribution in [-0.2, 0) is 4.79 Å². The molecule has 6 nitrogen and oxygen atoms in total. The second-order valence-corrected chi connectivity index (χ2v) is 6.42. The fourth-order valence-corrected chi connectivity index (χ4v) is 3.63. The van der Waals surface area contributed by atoms with Gasteiger partial charge in [-0.15, -0.1) is 0 Å². The third-order valence-corrected chi connectivity index (χ3v) is 4.71. The number of carboxylic acids is 1. The number of aliphatic carboxylic acids is 1. The first-order valence-electron chi connectivity index (χ1n) is 7.02. The summed E-state index contributed by atoms with van der Waals surface area (Å²) >= 11 is 1.67. The minimum absolute atomic E-state index is 0.0453. The molecule has 3 heterocycles. The number of carbonyl (C=O) groups excluding carboxylic acids is 1. The molecule has 2 aromatic heterocycles. The van der Waals surface area contributed by atoms with Crippen LogP contribution in [0, 0.1) is 6.92 Å². The fraction of sp³-hybridized carbons (Fsp3) is 0.400. The highest BCUT2D eigenvalue weighted by Crippen LogP contribution is 2.24. The minimum Gasteiger partial charge on any atom is -0.481 e. The smallest absolute Gasteiger partial charge is 0.305 e. The number of nitrogens with zero attached hydrogens (tertiary/aromatic N) is 2. The largest absolute Gasteiger partial charge is 0.481 e. The molecule has 0 bridgehead atoms. The van der Waals surface area contributed by atoms with Gasteiger partial charge in [-0.3, -0.25) is 9.59 Å². The Morgan fingerprint density at radius 1 is 1.50 bits per heavy atom. The number of hydrogen-bond donors (Lipinski definition) is 1. The zero-order valence-corrected chi connectivity index (χ0v) is 12.9. The summed E-state index contributed by atoms with van der Waals surface area (Å²) in [6.07, 6.45) is -0.0453. The van der Waals surface area contributed by atoms with E-state index in [9.17, 15) is 9.59 Å². The van der Waals surface area contributed by atoms with E-state index in [2.05, 4.69) is 4.98 Å². The predicted octanol–water partition coefficient (Wildman–Crippen LogP) is 2.17. The Kier molecular flexibility index (Phi) is 4.06. The molecular formula is C15H16N2O4S. The van der Waals surface area contributed by atoms with Crippen molar-refractivity contribution in [1.29, 1.82) is 0 Å². The van der Waals surface area contributed by atoms with Gasteiger partial charge < -0.3 is 14.4 Å². The van der Waals surface area contributed by atoms with Crippen molar-refractivity contribution in [2.45, 2.75) is 19.4 Å². The second kappa shape index (κ2) is 6.00. The Hall–Kier alpha value is -2.02. The van der Waals surface area contributed by atoms with Crippen LogP contribution in [0.2, 0.25) is 0 Å². The molecule has 116 valence electrons.